The van der Waals surface area contributed by atoms with Crippen LogP contribution in [0.5, 0.6) is 5.75 Å². The number of benzene rings is 1. The molecule has 0 aliphatic carbocycles. The number of hydrogen-bond donors (Lipinski definition) is 2. The molecule has 3 rings (SSSR count). The Morgan fingerprint density at radius 2 is 2.00 bits per heavy atom. The summed E-state index contributed by atoms with van der Waals surface area (Å²) in [7, 11) is 0. The standard InChI is InChI=1S/C14H13N3O3/c15-12(7-9-1-3-11(18)4-2-9)14-16-13(17-20-14)10-5-6-19-8-10/h1-6,8,12,18H,7,15H2/t12-/m0/s1. The predicted molar refractivity (Wildman–Crippen MR) is 70.7 cm³/mol. The molecule has 0 aliphatic heterocycles. The van der Waals surface area contributed by atoms with Crippen molar-refractivity contribution in [1.29, 1.82) is 0 Å². The monoisotopic (exact) mass is 271 g/mol. The van der Waals surface area contributed by atoms with Gasteiger partial charge in [0, 0.05) is 0 Å². The van der Waals surface area contributed by atoms with Crippen LogP contribution in [-0.4, -0.2) is 15.2 Å². The first-order chi connectivity index (χ1) is 9.72. The van der Waals surface area contributed by atoms with E-state index < -0.39 is 6.04 Å². The van der Waals surface area contributed by atoms with Crippen LogP contribution in [0.2, 0.25) is 0 Å². The van der Waals surface area contributed by atoms with E-state index in [1.807, 2.05) is 12.1 Å². The molecule has 0 spiro atoms. The van der Waals surface area contributed by atoms with Gasteiger partial charge in [-0.05, 0) is 30.2 Å². The van der Waals surface area contributed by atoms with E-state index in [1.54, 1.807) is 30.7 Å². The molecule has 3 N–H and O–H groups in total. The first-order valence-electron chi connectivity index (χ1n) is 6.12. The molecule has 3 aromatic rings. The molecule has 1 aromatic carbocycles. The van der Waals surface area contributed by atoms with E-state index in [0.717, 1.165) is 11.1 Å². The number of hydrogen-bond acceptors (Lipinski definition) is 6. The van der Waals surface area contributed by atoms with Gasteiger partial charge < -0.3 is 19.8 Å². The molecule has 102 valence electrons. The van der Waals surface area contributed by atoms with Crippen LogP contribution in [0.15, 0.2) is 51.8 Å². The van der Waals surface area contributed by atoms with Gasteiger partial charge in [0.1, 0.15) is 12.0 Å². The van der Waals surface area contributed by atoms with E-state index in [2.05, 4.69) is 10.1 Å². The second-order valence-electron chi connectivity index (χ2n) is 4.45. The normalized spacial score (nSPS) is 12.4. The lowest BCUT2D eigenvalue weighted by Crippen LogP contribution is -2.13. The molecule has 6 nitrogen and oxygen atoms in total. The van der Waals surface area contributed by atoms with Gasteiger partial charge in [-0.3, -0.25) is 0 Å². The van der Waals surface area contributed by atoms with Crippen molar-refractivity contribution >= 4 is 0 Å². The third-order valence-electron chi connectivity index (χ3n) is 2.93. The lowest BCUT2D eigenvalue weighted by atomic mass is 10.1. The van der Waals surface area contributed by atoms with Crippen molar-refractivity contribution < 1.29 is 14.0 Å². The maximum atomic E-state index is 9.24. The number of nitrogens with zero attached hydrogens (tertiary/aromatic N) is 2. The Morgan fingerprint density at radius 1 is 1.20 bits per heavy atom. The van der Waals surface area contributed by atoms with Crippen LogP contribution in [0.4, 0.5) is 0 Å². The minimum Gasteiger partial charge on any atom is -0.508 e. The highest BCUT2D eigenvalue weighted by Crippen LogP contribution is 2.20. The van der Waals surface area contributed by atoms with Crippen molar-refractivity contribution in [2.24, 2.45) is 5.73 Å². The molecule has 2 heterocycles. The zero-order valence-electron chi connectivity index (χ0n) is 10.6. The zero-order chi connectivity index (χ0) is 13.9. The molecule has 2 aromatic heterocycles. The average molecular weight is 271 g/mol. The third-order valence-corrected chi connectivity index (χ3v) is 2.93. The summed E-state index contributed by atoms with van der Waals surface area (Å²) in [6.07, 6.45) is 3.63. The number of phenols is 1. The van der Waals surface area contributed by atoms with E-state index in [9.17, 15) is 5.11 Å². The minimum atomic E-state index is -0.396. The zero-order valence-corrected chi connectivity index (χ0v) is 10.6. The lowest BCUT2D eigenvalue weighted by molar-refractivity contribution is 0.354. The molecule has 0 saturated carbocycles. The highest BCUT2D eigenvalue weighted by molar-refractivity contribution is 5.51. The molecule has 0 amide bonds. The summed E-state index contributed by atoms with van der Waals surface area (Å²) in [4.78, 5) is 4.25. The predicted octanol–water partition coefficient (Wildman–Crippen LogP) is 2.28. The summed E-state index contributed by atoms with van der Waals surface area (Å²) in [5.41, 5.74) is 7.78. The smallest absolute Gasteiger partial charge is 0.244 e. The van der Waals surface area contributed by atoms with Gasteiger partial charge in [0.2, 0.25) is 11.7 Å². The summed E-state index contributed by atoms with van der Waals surface area (Å²) in [5, 5.41) is 13.1. The molecular formula is C14H13N3O3. The SMILES string of the molecule is N[C@@H](Cc1ccc(O)cc1)c1nc(-c2ccoc2)no1. The van der Waals surface area contributed by atoms with Gasteiger partial charge in [-0.25, -0.2) is 0 Å². The van der Waals surface area contributed by atoms with E-state index >= 15 is 0 Å². The van der Waals surface area contributed by atoms with Crippen molar-refractivity contribution in [2.75, 3.05) is 0 Å². The first kappa shape index (κ1) is 12.4. The van der Waals surface area contributed by atoms with Crippen molar-refractivity contribution in [1.82, 2.24) is 10.1 Å². The van der Waals surface area contributed by atoms with Crippen molar-refractivity contribution in [3.8, 4) is 17.1 Å². The Balaban J connectivity index is 1.74. The van der Waals surface area contributed by atoms with Crippen LogP contribution < -0.4 is 5.73 Å². The molecular weight excluding hydrogens is 258 g/mol. The van der Waals surface area contributed by atoms with Gasteiger partial charge in [-0.2, -0.15) is 4.98 Å². The fraction of sp³-hybridized carbons (Fsp3) is 0.143. The first-order valence-corrected chi connectivity index (χ1v) is 6.12. The van der Waals surface area contributed by atoms with Gasteiger partial charge in [0.25, 0.3) is 0 Å². The number of nitrogens with two attached hydrogens (primary N) is 1. The Morgan fingerprint density at radius 3 is 2.70 bits per heavy atom. The Bertz CT molecular complexity index is 674. The minimum absolute atomic E-state index is 0.224. The third kappa shape index (κ3) is 2.55. The molecule has 0 unspecified atom stereocenters. The average Bonchev–Trinajstić information content (AvgIpc) is 3.11. The molecule has 0 aliphatic rings. The van der Waals surface area contributed by atoms with Crippen LogP contribution in [0, 0.1) is 0 Å². The molecule has 0 saturated heterocycles. The molecule has 20 heavy (non-hydrogen) atoms. The molecule has 0 bridgehead atoms. The van der Waals surface area contributed by atoms with Gasteiger partial charge in [-0.15, -0.1) is 0 Å². The quantitative estimate of drug-likeness (QED) is 0.755. The maximum Gasteiger partial charge on any atom is 0.244 e. The number of aromatic nitrogens is 2. The highest BCUT2D eigenvalue weighted by atomic mass is 16.5. The van der Waals surface area contributed by atoms with Crippen LogP contribution in [-0.2, 0) is 6.42 Å². The van der Waals surface area contributed by atoms with Crippen molar-refractivity contribution in [3.63, 3.8) is 0 Å². The Labute approximate surface area is 114 Å². The molecule has 0 radical (unpaired) electrons. The van der Waals surface area contributed by atoms with Gasteiger partial charge in [0.05, 0.1) is 17.9 Å². The number of rotatable bonds is 4. The maximum absolute atomic E-state index is 9.24. The van der Waals surface area contributed by atoms with Gasteiger partial charge in [-0.1, -0.05) is 17.3 Å². The summed E-state index contributed by atoms with van der Waals surface area (Å²) in [6.45, 7) is 0. The summed E-state index contributed by atoms with van der Waals surface area (Å²) < 4.78 is 10.1. The Hall–Kier alpha value is -2.60. The summed E-state index contributed by atoms with van der Waals surface area (Å²) >= 11 is 0. The van der Waals surface area contributed by atoms with Crippen molar-refractivity contribution in [3.05, 3.63) is 54.3 Å². The fourth-order valence-corrected chi connectivity index (χ4v) is 1.87. The van der Waals surface area contributed by atoms with E-state index in [0.29, 0.717) is 18.1 Å². The van der Waals surface area contributed by atoms with Crippen molar-refractivity contribution in [2.45, 2.75) is 12.5 Å². The van der Waals surface area contributed by atoms with Gasteiger partial charge >= 0.3 is 0 Å². The van der Waals surface area contributed by atoms with E-state index in [-0.39, 0.29) is 5.75 Å². The fourth-order valence-electron chi connectivity index (χ4n) is 1.87. The second kappa shape index (κ2) is 5.18. The van der Waals surface area contributed by atoms with Crippen LogP contribution in [0.25, 0.3) is 11.4 Å². The second-order valence-corrected chi connectivity index (χ2v) is 4.45. The van der Waals surface area contributed by atoms with Crippen LogP contribution in [0.1, 0.15) is 17.5 Å². The topological polar surface area (TPSA) is 98.3 Å². The Kier molecular flexibility index (Phi) is 3.22. The van der Waals surface area contributed by atoms with E-state index in [1.165, 1.54) is 0 Å². The number of phenolic OH excluding ortho intramolecular Hbond substituents is 1. The highest BCUT2D eigenvalue weighted by Gasteiger charge is 2.16. The molecule has 6 heteroatoms. The van der Waals surface area contributed by atoms with Gasteiger partial charge in [0.15, 0.2) is 0 Å². The molecule has 0 fully saturated rings. The summed E-state index contributed by atoms with van der Waals surface area (Å²) in [5.74, 6) is 1.05. The van der Waals surface area contributed by atoms with Crippen LogP contribution in [0.3, 0.4) is 0 Å². The van der Waals surface area contributed by atoms with E-state index in [4.69, 9.17) is 14.7 Å². The number of furan rings is 1. The number of aromatic hydroxyl groups is 1. The van der Waals surface area contributed by atoms with Crippen LogP contribution >= 0.6 is 0 Å². The largest absolute Gasteiger partial charge is 0.508 e. The summed E-state index contributed by atoms with van der Waals surface area (Å²) in [6, 6.07) is 8.21. The lowest BCUT2D eigenvalue weighted by Gasteiger charge is -2.06. The molecule has 1 atom stereocenters.